The monoisotopic (exact) mass is 505 g/mol. The Kier molecular flexibility index (Phi) is 13.6. The topological polar surface area (TPSA) is 114 Å². The zero-order valence-corrected chi connectivity index (χ0v) is 22.6. The van der Waals surface area contributed by atoms with Gasteiger partial charge >= 0.3 is 12.1 Å². The van der Waals surface area contributed by atoms with Crippen molar-refractivity contribution in [3.8, 4) is 0 Å². The maximum Gasteiger partial charge on any atom is 0.408 e. The van der Waals surface area contributed by atoms with E-state index in [0.29, 0.717) is 18.5 Å². The molecule has 1 aromatic rings. The third-order valence-corrected chi connectivity index (χ3v) is 5.33. The number of unbranched alkanes of at least 4 members (excludes halogenated alkanes) is 3. The highest BCUT2D eigenvalue weighted by atomic mass is 16.6. The highest BCUT2D eigenvalue weighted by Gasteiger charge is 2.32. The lowest BCUT2D eigenvalue weighted by atomic mass is 9.98. The predicted molar refractivity (Wildman–Crippen MR) is 138 cm³/mol. The van der Waals surface area contributed by atoms with Crippen molar-refractivity contribution < 1.29 is 28.7 Å². The number of nitrogens with one attached hydrogen (secondary N) is 2. The Labute approximate surface area is 215 Å². The summed E-state index contributed by atoms with van der Waals surface area (Å²) in [6.45, 7) is 11.3. The van der Waals surface area contributed by atoms with Crippen LogP contribution in [0.2, 0.25) is 0 Å². The molecule has 0 aliphatic rings. The molecule has 1 atom stereocenters. The molecule has 2 N–H and O–H groups in total. The lowest BCUT2D eigenvalue weighted by molar-refractivity contribution is -0.143. The Bertz CT molecular complexity index is 865. The number of hydrogen-bond donors (Lipinski definition) is 2. The van der Waals surface area contributed by atoms with Crippen LogP contribution in [0.25, 0.3) is 0 Å². The molecule has 0 spiro atoms. The number of alkyl carbamates (subject to hydrolysis) is 1. The first-order valence-electron chi connectivity index (χ1n) is 12.7. The van der Waals surface area contributed by atoms with Gasteiger partial charge in [0.15, 0.2) is 0 Å². The molecular formula is C27H43N3O6. The van der Waals surface area contributed by atoms with E-state index in [0.717, 1.165) is 24.8 Å². The maximum absolute atomic E-state index is 13.4. The van der Waals surface area contributed by atoms with Crippen molar-refractivity contribution in [2.75, 3.05) is 26.2 Å². The van der Waals surface area contributed by atoms with Crippen molar-refractivity contribution in [3.63, 3.8) is 0 Å². The van der Waals surface area contributed by atoms with Crippen LogP contribution in [0.5, 0.6) is 0 Å². The van der Waals surface area contributed by atoms with Crippen LogP contribution >= 0.6 is 0 Å². The minimum Gasteiger partial charge on any atom is -0.466 e. The average molecular weight is 506 g/mol. The third-order valence-electron chi connectivity index (χ3n) is 5.33. The normalized spacial score (nSPS) is 11.8. The molecule has 0 heterocycles. The first kappa shape index (κ1) is 30.9. The first-order valence-corrected chi connectivity index (χ1v) is 12.7. The predicted octanol–water partition coefficient (Wildman–Crippen LogP) is 4.04. The Hall–Kier alpha value is -3.10. The van der Waals surface area contributed by atoms with Gasteiger partial charge in [0, 0.05) is 13.1 Å². The molecule has 0 aromatic heterocycles. The minimum absolute atomic E-state index is 0.0325. The summed E-state index contributed by atoms with van der Waals surface area (Å²) in [5.41, 5.74) is 0.844. The van der Waals surface area contributed by atoms with E-state index >= 15 is 0 Å². The molecule has 1 aromatic carbocycles. The van der Waals surface area contributed by atoms with Gasteiger partial charge in [-0.25, -0.2) is 4.79 Å². The summed E-state index contributed by atoms with van der Waals surface area (Å²) in [7, 11) is 0. The molecule has 0 aliphatic carbocycles. The number of hydrogen-bond acceptors (Lipinski definition) is 6. The molecule has 0 bridgehead atoms. The van der Waals surface area contributed by atoms with Crippen molar-refractivity contribution in [2.24, 2.45) is 0 Å². The van der Waals surface area contributed by atoms with Gasteiger partial charge in [-0.05, 0) is 52.2 Å². The second-order valence-corrected chi connectivity index (χ2v) is 9.61. The Morgan fingerprint density at radius 3 is 2.31 bits per heavy atom. The molecule has 9 heteroatoms. The van der Waals surface area contributed by atoms with Crippen molar-refractivity contribution in [1.82, 2.24) is 15.5 Å². The summed E-state index contributed by atoms with van der Waals surface area (Å²) in [6, 6.07) is 6.47. The van der Waals surface area contributed by atoms with E-state index in [4.69, 9.17) is 9.47 Å². The van der Waals surface area contributed by atoms with Crippen molar-refractivity contribution in [1.29, 1.82) is 0 Å². The molecule has 0 aliphatic heterocycles. The van der Waals surface area contributed by atoms with Crippen LogP contribution in [-0.2, 0) is 23.9 Å². The first-order chi connectivity index (χ1) is 17.0. The fraction of sp³-hybridized carbons (Fsp3) is 0.630. The number of nitrogens with zero attached hydrogens (tertiary/aromatic N) is 1. The quantitative estimate of drug-likeness (QED) is 0.291. The molecule has 202 valence electrons. The summed E-state index contributed by atoms with van der Waals surface area (Å²) >= 11 is 0. The average Bonchev–Trinajstić information content (AvgIpc) is 2.79. The van der Waals surface area contributed by atoms with Crippen LogP contribution in [0.15, 0.2) is 24.3 Å². The largest absolute Gasteiger partial charge is 0.466 e. The molecule has 36 heavy (non-hydrogen) atoms. The van der Waals surface area contributed by atoms with Gasteiger partial charge in [0.25, 0.3) is 0 Å². The number of carbonyl (C=O) groups excluding carboxylic acids is 4. The molecule has 0 saturated heterocycles. The Morgan fingerprint density at radius 1 is 1.00 bits per heavy atom. The van der Waals surface area contributed by atoms with Gasteiger partial charge in [-0.3, -0.25) is 14.4 Å². The second kappa shape index (κ2) is 15.8. The van der Waals surface area contributed by atoms with Gasteiger partial charge < -0.3 is 25.0 Å². The van der Waals surface area contributed by atoms with E-state index in [1.165, 1.54) is 4.90 Å². The van der Waals surface area contributed by atoms with E-state index < -0.39 is 35.5 Å². The van der Waals surface area contributed by atoms with Gasteiger partial charge in [-0.15, -0.1) is 0 Å². The lowest BCUT2D eigenvalue weighted by Gasteiger charge is -2.32. The van der Waals surface area contributed by atoms with Gasteiger partial charge in [0.1, 0.15) is 18.2 Å². The van der Waals surface area contributed by atoms with Crippen LogP contribution in [0.4, 0.5) is 4.79 Å². The number of carbonyl (C=O) groups is 4. The highest BCUT2D eigenvalue weighted by molar-refractivity contribution is 5.90. The standard InChI is InChI=1S/C27H43N3O6/c1-7-9-10-13-18-30(22(31)19-29-26(34)36-27(4,5)6)24(21-15-12-11-14-20(21)3)25(33)28-17-16-23(32)35-8-2/h11-12,14-15,24H,7-10,13,16-19H2,1-6H3,(H,28,33)(H,29,34). The molecule has 0 radical (unpaired) electrons. The number of esters is 1. The zero-order valence-electron chi connectivity index (χ0n) is 22.6. The molecular weight excluding hydrogens is 462 g/mol. The summed E-state index contributed by atoms with van der Waals surface area (Å²) in [5, 5.41) is 5.29. The fourth-order valence-corrected chi connectivity index (χ4v) is 3.63. The Morgan fingerprint density at radius 2 is 1.69 bits per heavy atom. The summed E-state index contributed by atoms with van der Waals surface area (Å²) in [6.07, 6.45) is 3.00. The smallest absolute Gasteiger partial charge is 0.408 e. The van der Waals surface area contributed by atoms with E-state index in [1.54, 1.807) is 27.7 Å². The van der Waals surface area contributed by atoms with Gasteiger partial charge in [-0.1, -0.05) is 50.5 Å². The molecule has 0 saturated carbocycles. The third kappa shape index (κ3) is 11.6. The van der Waals surface area contributed by atoms with Gasteiger partial charge in [0.05, 0.1) is 13.0 Å². The molecule has 0 fully saturated rings. The number of rotatable bonds is 14. The lowest BCUT2D eigenvalue weighted by Crippen LogP contribution is -2.48. The summed E-state index contributed by atoms with van der Waals surface area (Å²) in [4.78, 5) is 52.2. The van der Waals surface area contributed by atoms with Gasteiger partial charge in [-0.2, -0.15) is 0 Å². The van der Waals surface area contributed by atoms with Crippen LogP contribution < -0.4 is 10.6 Å². The zero-order chi connectivity index (χ0) is 27.1. The SMILES string of the molecule is CCCCCCN(C(=O)CNC(=O)OC(C)(C)C)C(C(=O)NCCC(=O)OCC)c1ccccc1C. The van der Waals surface area contributed by atoms with Crippen LogP contribution in [0, 0.1) is 6.92 Å². The second-order valence-electron chi connectivity index (χ2n) is 9.61. The van der Waals surface area contributed by atoms with E-state index in [-0.39, 0.29) is 26.1 Å². The van der Waals surface area contributed by atoms with E-state index in [9.17, 15) is 19.2 Å². The van der Waals surface area contributed by atoms with Crippen LogP contribution in [-0.4, -0.2) is 60.6 Å². The molecule has 1 unspecified atom stereocenters. The number of aryl methyl sites for hydroxylation is 1. The van der Waals surface area contributed by atoms with E-state index in [1.807, 2.05) is 31.2 Å². The van der Waals surface area contributed by atoms with Crippen molar-refractivity contribution in [3.05, 3.63) is 35.4 Å². The van der Waals surface area contributed by atoms with E-state index in [2.05, 4.69) is 17.6 Å². The number of benzene rings is 1. The molecule has 3 amide bonds. The van der Waals surface area contributed by atoms with Gasteiger partial charge in [0.2, 0.25) is 11.8 Å². The van der Waals surface area contributed by atoms with Crippen LogP contribution in [0.3, 0.4) is 0 Å². The molecule has 1 rings (SSSR count). The number of ether oxygens (including phenoxy) is 2. The summed E-state index contributed by atoms with van der Waals surface area (Å²) < 4.78 is 10.2. The van der Waals surface area contributed by atoms with Crippen LogP contribution in [0.1, 0.15) is 83.9 Å². The number of amides is 3. The highest BCUT2D eigenvalue weighted by Crippen LogP contribution is 2.25. The fourth-order valence-electron chi connectivity index (χ4n) is 3.63. The summed E-state index contributed by atoms with van der Waals surface area (Å²) in [5.74, 6) is -1.19. The minimum atomic E-state index is -0.914. The Balaban J connectivity index is 3.15. The maximum atomic E-state index is 13.4. The van der Waals surface area contributed by atoms with Crippen molar-refractivity contribution >= 4 is 23.9 Å². The van der Waals surface area contributed by atoms with Crippen molar-refractivity contribution in [2.45, 2.75) is 85.3 Å². The molecule has 9 nitrogen and oxygen atoms in total.